The topological polar surface area (TPSA) is 26.3 Å². The van der Waals surface area contributed by atoms with Crippen LogP contribution in [0.2, 0.25) is 0 Å². The molecule has 0 N–H and O–H groups in total. The first-order valence-electron chi connectivity index (χ1n) is 6.81. The minimum Gasteiger partial charge on any atom is -0.461 e. The van der Waals surface area contributed by atoms with Crippen LogP contribution in [-0.4, -0.2) is 12.6 Å². The Balaban J connectivity index is 2.05. The Morgan fingerprint density at radius 1 is 1.29 bits per heavy atom. The molecule has 17 heavy (non-hydrogen) atoms. The van der Waals surface area contributed by atoms with Crippen LogP contribution in [-0.2, 0) is 9.53 Å². The van der Waals surface area contributed by atoms with Crippen molar-refractivity contribution < 1.29 is 9.53 Å². The molecule has 1 saturated heterocycles. The van der Waals surface area contributed by atoms with Gasteiger partial charge in [0.05, 0.1) is 5.92 Å². The van der Waals surface area contributed by atoms with Gasteiger partial charge in [-0.05, 0) is 41.6 Å². The second-order valence-electron chi connectivity index (χ2n) is 6.96. The molecule has 2 heteroatoms. The minimum absolute atomic E-state index is 0.0288. The normalized spacial score (nSPS) is 43.5. The van der Waals surface area contributed by atoms with E-state index in [-0.39, 0.29) is 17.3 Å². The lowest BCUT2D eigenvalue weighted by Gasteiger charge is -2.54. The first kappa shape index (κ1) is 11.3. The van der Waals surface area contributed by atoms with Gasteiger partial charge in [-0.2, -0.15) is 0 Å². The van der Waals surface area contributed by atoms with E-state index in [1.807, 2.05) is 0 Å². The van der Waals surface area contributed by atoms with Crippen LogP contribution in [0.25, 0.3) is 0 Å². The third-order valence-corrected chi connectivity index (χ3v) is 5.54. The number of allylic oxidation sites excluding steroid dienone is 1. The summed E-state index contributed by atoms with van der Waals surface area (Å²) in [7, 11) is 0. The predicted molar refractivity (Wildman–Crippen MR) is 66.4 cm³/mol. The highest BCUT2D eigenvalue weighted by Gasteiger charge is 2.57. The number of rotatable bonds is 0. The van der Waals surface area contributed by atoms with E-state index in [1.165, 1.54) is 24.8 Å². The molecule has 0 aromatic heterocycles. The van der Waals surface area contributed by atoms with Crippen LogP contribution >= 0.6 is 0 Å². The number of cyclic esters (lactones) is 1. The summed E-state index contributed by atoms with van der Waals surface area (Å²) in [4.78, 5) is 12.0. The fourth-order valence-electron chi connectivity index (χ4n) is 4.71. The summed E-state index contributed by atoms with van der Waals surface area (Å²) < 4.78 is 5.28. The molecule has 3 aliphatic rings. The zero-order chi connectivity index (χ0) is 12.3. The molecule has 3 rings (SSSR count). The number of hydrogen-bond donors (Lipinski definition) is 0. The van der Waals surface area contributed by atoms with Crippen LogP contribution in [0.3, 0.4) is 0 Å². The van der Waals surface area contributed by atoms with Crippen LogP contribution in [0.1, 0.15) is 46.5 Å². The number of fused-ring (bicyclic) bond motifs is 3. The molecule has 0 radical (unpaired) electrons. The number of ether oxygens (including phenoxy) is 1. The molecule has 3 atom stereocenters. The standard InChI is InChI=1S/C15H22O2/c1-14(2)7-4-8-15(3)11(14)6-5-10-9-17-13(16)12(10)15/h5,11-12H,4,6-9H2,1-3H3/t11-,12?,15-/m1/s1. The van der Waals surface area contributed by atoms with Crippen molar-refractivity contribution in [2.75, 3.05) is 6.61 Å². The van der Waals surface area contributed by atoms with Gasteiger partial charge in [0.25, 0.3) is 0 Å². The average molecular weight is 234 g/mol. The van der Waals surface area contributed by atoms with Gasteiger partial charge in [-0.15, -0.1) is 0 Å². The average Bonchev–Trinajstić information content (AvgIpc) is 2.60. The molecular weight excluding hydrogens is 212 g/mol. The first-order chi connectivity index (χ1) is 7.95. The van der Waals surface area contributed by atoms with Crippen molar-refractivity contribution in [1.82, 2.24) is 0 Å². The van der Waals surface area contributed by atoms with E-state index in [4.69, 9.17) is 4.74 Å². The molecule has 0 aromatic rings. The fraction of sp³-hybridized carbons (Fsp3) is 0.800. The molecule has 0 bridgehead atoms. The molecule has 1 heterocycles. The van der Waals surface area contributed by atoms with Crippen LogP contribution in [0.4, 0.5) is 0 Å². The van der Waals surface area contributed by atoms with Crippen LogP contribution in [0, 0.1) is 22.7 Å². The van der Waals surface area contributed by atoms with E-state index < -0.39 is 0 Å². The lowest BCUT2D eigenvalue weighted by molar-refractivity contribution is -0.148. The highest BCUT2D eigenvalue weighted by Crippen LogP contribution is 2.60. The molecule has 1 aliphatic heterocycles. The van der Waals surface area contributed by atoms with E-state index in [1.54, 1.807) is 0 Å². The van der Waals surface area contributed by atoms with Crippen molar-refractivity contribution in [3.05, 3.63) is 11.6 Å². The van der Waals surface area contributed by atoms with Crippen molar-refractivity contribution >= 4 is 5.97 Å². The van der Waals surface area contributed by atoms with Gasteiger partial charge in [-0.25, -0.2) is 0 Å². The summed E-state index contributed by atoms with van der Waals surface area (Å²) >= 11 is 0. The lowest BCUT2D eigenvalue weighted by Crippen LogP contribution is -2.49. The lowest BCUT2D eigenvalue weighted by atomic mass is 9.49. The number of hydrogen-bond acceptors (Lipinski definition) is 2. The minimum atomic E-state index is 0.0288. The van der Waals surface area contributed by atoms with Crippen LogP contribution < -0.4 is 0 Å². The predicted octanol–water partition coefficient (Wildman–Crippen LogP) is 3.32. The van der Waals surface area contributed by atoms with Crippen molar-refractivity contribution in [3.63, 3.8) is 0 Å². The zero-order valence-corrected chi connectivity index (χ0v) is 11.1. The monoisotopic (exact) mass is 234 g/mol. The summed E-state index contributed by atoms with van der Waals surface area (Å²) in [5.41, 5.74) is 1.75. The summed E-state index contributed by atoms with van der Waals surface area (Å²) in [6, 6.07) is 0. The summed E-state index contributed by atoms with van der Waals surface area (Å²) in [6.45, 7) is 7.61. The number of carbonyl (C=O) groups excluding carboxylic acids is 1. The molecule has 2 nitrogen and oxygen atoms in total. The number of esters is 1. The molecule has 2 aliphatic carbocycles. The Kier molecular flexibility index (Phi) is 2.24. The van der Waals surface area contributed by atoms with E-state index in [9.17, 15) is 4.79 Å². The van der Waals surface area contributed by atoms with Gasteiger partial charge in [-0.1, -0.05) is 33.3 Å². The molecule has 0 aromatic carbocycles. The Morgan fingerprint density at radius 2 is 2.06 bits per heavy atom. The van der Waals surface area contributed by atoms with E-state index in [0.29, 0.717) is 17.9 Å². The van der Waals surface area contributed by atoms with Crippen molar-refractivity contribution in [2.24, 2.45) is 22.7 Å². The Hall–Kier alpha value is -0.790. The van der Waals surface area contributed by atoms with Crippen LogP contribution in [0.5, 0.6) is 0 Å². The third kappa shape index (κ3) is 1.42. The highest BCUT2D eigenvalue weighted by molar-refractivity contribution is 5.80. The molecule has 0 amide bonds. The van der Waals surface area contributed by atoms with Crippen molar-refractivity contribution in [1.29, 1.82) is 0 Å². The van der Waals surface area contributed by atoms with Crippen molar-refractivity contribution in [3.8, 4) is 0 Å². The molecule has 2 fully saturated rings. The number of carbonyl (C=O) groups is 1. The smallest absolute Gasteiger partial charge is 0.314 e. The largest absolute Gasteiger partial charge is 0.461 e. The summed E-state index contributed by atoms with van der Waals surface area (Å²) in [5, 5.41) is 0. The SMILES string of the molecule is CC1(C)CCC[C@@]2(C)C3C(=O)OCC3=CC[C@H]12. The van der Waals surface area contributed by atoms with Crippen molar-refractivity contribution in [2.45, 2.75) is 46.5 Å². The second-order valence-corrected chi connectivity index (χ2v) is 6.96. The molecule has 1 saturated carbocycles. The molecule has 1 unspecified atom stereocenters. The van der Waals surface area contributed by atoms with Gasteiger partial charge in [-0.3, -0.25) is 4.79 Å². The maximum Gasteiger partial charge on any atom is 0.314 e. The van der Waals surface area contributed by atoms with Gasteiger partial charge in [0.1, 0.15) is 6.61 Å². The quantitative estimate of drug-likeness (QED) is 0.475. The Morgan fingerprint density at radius 3 is 2.82 bits per heavy atom. The van der Waals surface area contributed by atoms with E-state index >= 15 is 0 Å². The zero-order valence-electron chi connectivity index (χ0n) is 11.1. The molecular formula is C15H22O2. The molecule has 94 valence electrons. The van der Waals surface area contributed by atoms with Gasteiger partial charge in [0.2, 0.25) is 0 Å². The third-order valence-electron chi connectivity index (χ3n) is 5.54. The van der Waals surface area contributed by atoms with Gasteiger partial charge in [0.15, 0.2) is 0 Å². The summed E-state index contributed by atoms with van der Waals surface area (Å²) in [6.07, 6.45) is 7.13. The maximum absolute atomic E-state index is 12.0. The van der Waals surface area contributed by atoms with E-state index in [2.05, 4.69) is 26.8 Å². The first-order valence-corrected chi connectivity index (χ1v) is 6.81. The van der Waals surface area contributed by atoms with E-state index in [0.717, 1.165) is 6.42 Å². The Bertz CT molecular complexity index is 394. The fourth-order valence-corrected chi connectivity index (χ4v) is 4.71. The highest BCUT2D eigenvalue weighted by atomic mass is 16.5. The van der Waals surface area contributed by atoms with Gasteiger partial charge < -0.3 is 4.74 Å². The van der Waals surface area contributed by atoms with Crippen LogP contribution in [0.15, 0.2) is 11.6 Å². The maximum atomic E-state index is 12.0. The molecule has 0 spiro atoms. The second kappa shape index (κ2) is 3.37. The van der Waals surface area contributed by atoms with Gasteiger partial charge >= 0.3 is 5.97 Å². The summed E-state index contributed by atoms with van der Waals surface area (Å²) in [5.74, 6) is 0.713. The Labute approximate surface area is 103 Å². The van der Waals surface area contributed by atoms with Gasteiger partial charge in [0, 0.05) is 0 Å².